The lowest BCUT2D eigenvalue weighted by Gasteiger charge is -2.18. The zero-order chi connectivity index (χ0) is 16.9. The quantitative estimate of drug-likeness (QED) is 0.733. The van der Waals surface area contributed by atoms with Crippen LogP contribution in [-0.2, 0) is 6.54 Å². The minimum Gasteiger partial charge on any atom is -0.439 e. The molecule has 1 aromatic carbocycles. The minimum absolute atomic E-state index is 0. The summed E-state index contributed by atoms with van der Waals surface area (Å²) >= 11 is 0. The maximum atomic E-state index is 12.9. The molecule has 5 nitrogen and oxygen atoms in total. The van der Waals surface area contributed by atoms with E-state index >= 15 is 0 Å². The fourth-order valence-corrected chi connectivity index (χ4v) is 2.85. The summed E-state index contributed by atoms with van der Waals surface area (Å²) in [5.74, 6) is 1.34. The third kappa shape index (κ3) is 5.37. The highest BCUT2D eigenvalue weighted by atomic mass is 35.5. The molecule has 2 atom stereocenters. The molecule has 0 saturated carbocycles. The van der Waals surface area contributed by atoms with E-state index in [1.165, 1.54) is 12.1 Å². The van der Waals surface area contributed by atoms with Gasteiger partial charge in [0.15, 0.2) is 0 Å². The van der Waals surface area contributed by atoms with Gasteiger partial charge in [-0.2, -0.15) is 0 Å². The molecule has 1 fully saturated rings. The summed E-state index contributed by atoms with van der Waals surface area (Å²) in [6, 6.07) is 10.6. The second kappa shape index (κ2) is 9.10. The number of nitrogens with one attached hydrogen (secondary N) is 3. The number of benzene rings is 1. The monoisotopic (exact) mass is 366 g/mol. The highest BCUT2D eigenvalue weighted by molar-refractivity contribution is 5.85. The Morgan fingerprint density at radius 3 is 2.36 bits per heavy atom. The molecule has 0 bridgehead atoms. The predicted molar refractivity (Wildman–Crippen MR) is 98.4 cm³/mol. The zero-order valence-electron chi connectivity index (χ0n) is 14.3. The van der Waals surface area contributed by atoms with Gasteiger partial charge in [-0.3, -0.25) is 10.9 Å². The van der Waals surface area contributed by atoms with Crippen LogP contribution in [0.15, 0.2) is 42.6 Å². The van der Waals surface area contributed by atoms with Gasteiger partial charge in [0.25, 0.3) is 0 Å². The molecule has 0 spiro atoms. The van der Waals surface area contributed by atoms with Crippen molar-refractivity contribution in [1.29, 1.82) is 0 Å². The number of hydrogen-bond acceptors (Lipinski definition) is 5. The van der Waals surface area contributed by atoms with Gasteiger partial charge >= 0.3 is 0 Å². The lowest BCUT2D eigenvalue weighted by Crippen LogP contribution is -2.33. The summed E-state index contributed by atoms with van der Waals surface area (Å²) < 4.78 is 18.5. The molecule has 25 heavy (non-hydrogen) atoms. The van der Waals surface area contributed by atoms with Gasteiger partial charge in [-0.1, -0.05) is 6.07 Å². The number of hydrazine groups is 1. The Labute approximate surface area is 153 Å². The van der Waals surface area contributed by atoms with Gasteiger partial charge in [-0.25, -0.2) is 9.37 Å². The molecule has 136 valence electrons. The highest BCUT2D eigenvalue weighted by Crippen LogP contribution is 2.19. The van der Waals surface area contributed by atoms with Crippen LogP contribution in [0.5, 0.6) is 11.6 Å². The van der Waals surface area contributed by atoms with E-state index in [4.69, 9.17) is 4.74 Å². The van der Waals surface area contributed by atoms with Crippen molar-refractivity contribution in [3.8, 4) is 11.6 Å². The second-order valence-corrected chi connectivity index (χ2v) is 6.22. The summed E-state index contributed by atoms with van der Waals surface area (Å²) in [4.78, 5) is 4.30. The predicted octanol–water partition coefficient (Wildman–Crippen LogP) is 3.03. The van der Waals surface area contributed by atoms with Gasteiger partial charge in [0.1, 0.15) is 11.6 Å². The van der Waals surface area contributed by atoms with Crippen molar-refractivity contribution in [2.45, 2.75) is 32.5 Å². The van der Waals surface area contributed by atoms with Crippen molar-refractivity contribution in [3.63, 3.8) is 0 Å². The van der Waals surface area contributed by atoms with Crippen LogP contribution in [0.2, 0.25) is 0 Å². The summed E-state index contributed by atoms with van der Waals surface area (Å²) in [7, 11) is 0. The average Bonchev–Trinajstić information content (AvgIpc) is 2.90. The SMILES string of the molecule is CC1NNC(C)C1CNCc1ccc(Oc2ccc(F)cc2)nc1.Cl. The standard InChI is InChI=1S/C18H23FN4O.ClH/c1-12-17(13(2)23-22-12)11-20-9-14-3-8-18(21-10-14)24-16-6-4-15(19)5-7-16;/h3-8,10,12-13,17,20,22-23H,9,11H2,1-2H3;1H. The van der Waals surface area contributed by atoms with Gasteiger partial charge in [-0.15, -0.1) is 12.4 Å². The fraction of sp³-hybridized carbons (Fsp3) is 0.389. The molecular formula is C18H24ClFN4O. The number of ether oxygens (including phenoxy) is 1. The van der Waals surface area contributed by atoms with Gasteiger partial charge in [0.2, 0.25) is 5.88 Å². The second-order valence-electron chi connectivity index (χ2n) is 6.22. The first kappa shape index (κ1) is 19.6. The molecular weight excluding hydrogens is 343 g/mol. The van der Waals surface area contributed by atoms with E-state index in [-0.39, 0.29) is 18.2 Å². The van der Waals surface area contributed by atoms with Crippen molar-refractivity contribution in [1.82, 2.24) is 21.2 Å². The lowest BCUT2D eigenvalue weighted by atomic mass is 9.97. The van der Waals surface area contributed by atoms with E-state index in [2.05, 4.69) is 35.0 Å². The molecule has 1 aromatic heterocycles. The van der Waals surface area contributed by atoms with E-state index in [0.717, 1.165) is 18.7 Å². The average molecular weight is 367 g/mol. The van der Waals surface area contributed by atoms with Crippen molar-refractivity contribution < 1.29 is 9.13 Å². The maximum Gasteiger partial charge on any atom is 0.219 e. The number of halogens is 2. The van der Waals surface area contributed by atoms with Crippen LogP contribution in [0.25, 0.3) is 0 Å². The van der Waals surface area contributed by atoms with Gasteiger partial charge < -0.3 is 10.1 Å². The molecule has 7 heteroatoms. The van der Waals surface area contributed by atoms with Crippen LogP contribution in [-0.4, -0.2) is 23.6 Å². The summed E-state index contributed by atoms with van der Waals surface area (Å²) in [6.07, 6.45) is 1.80. The van der Waals surface area contributed by atoms with Crippen LogP contribution < -0.4 is 20.9 Å². The van der Waals surface area contributed by atoms with Crippen molar-refractivity contribution in [2.75, 3.05) is 6.54 Å². The van der Waals surface area contributed by atoms with E-state index in [1.807, 2.05) is 12.1 Å². The normalized spacial score (nSPS) is 22.4. The molecule has 1 saturated heterocycles. The van der Waals surface area contributed by atoms with Gasteiger partial charge in [0.05, 0.1) is 0 Å². The maximum absolute atomic E-state index is 12.9. The van der Waals surface area contributed by atoms with Crippen LogP contribution >= 0.6 is 12.4 Å². The number of hydrogen-bond donors (Lipinski definition) is 3. The molecule has 0 aliphatic carbocycles. The Bertz CT molecular complexity index is 643. The van der Waals surface area contributed by atoms with E-state index < -0.39 is 0 Å². The first-order chi connectivity index (χ1) is 11.6. The number of nitrogens with zero attached hydrogens (tertiary/aromatic N) is 1. The Hall–Kier alpha value is -1.73. The molecule has 2 aromatic rings. The Morgan fingerprint density at radius 2 is 1.76 bits per heavy atom. The summed E-state index contributed by atoms with van der Waals surface area (Å²) in [5.41, 5.74) is 7.62. The topological polar surface area (TPSA) is 58.2 Å². The fourth-order valence-electron chi connectivity index (χ4n) is 2.85. The molecule has 0 radical (unpaired) electrons. The molecule has 3 rings (SSSR count). The van der Waals surface area contributed by atoms with E-state index in [0.29, 0.717) is 29.6 Å². The van der Waals surface area contributed by atoms with Crippen molar-refractivity contribution in [2.24, 2.45) is 5.92 Å². The van der Waals surface area contributed by atoms with E-state index in [1.54, 1.807) is 18.3 Å². The molecule has 1 aliphatic rings. The molecule has 1 aliphatic heterocycles. The van der Waals surface area contributed by atoms with Crippen molar-refractivity contribution >= 4 is 12.4 Å². The Morgan fingerprint density at radius 1 is 1.08 bits per heavy atom. The lowest BCUT2D eigenvalue weighted by molar-refractivity contribution is 0.411. The third-order valence-corrected chi connectivity index (χ3v) is 4.37. The Balaban J connectivity index is 0.00000225. The minimum atomic E-state index is -0.284. The molecule has 0 amide bonds. The van der Waals surface area contributed by atoms with Crippen LogP contribution in [0.4, 0.5) is 4.39 Å². The van der Waals surface area contributed by atoms with Crippen LogP contribution in [0, 0.1) is 11.7 Å². The largest absolute Gasteiger partial charge is 0.439 e. The van der Waals surface area contributed by atoms with Crippen LogP contribution in [0.3, 0.4) is 0 Å². The van der Waals surface area contributed by atoms with Gasteiger partial charge in [0, 0.05) is 43.4 Å². The zero-order valence-corrected chi connectivity index (χ0v) is 15.1. The van der Waals surface area contributed by atoms with Crippen LogP contribution in [0.1, 0.15) is 19.4 Å². The highest BCUT2D eigenvalue weighted by Gasteiger charge is 2.28. The first-order valence-corrected chi connectivity index (χ1v) is 8.22. The number of pyridine rings is 1. The molecule has 3 N–H and O–H groups in total. The van der Waals surface area contributed by atoms with Gasteiger partial charge in [-0.05, 0) is 43.7 Å². The number of aromatic nitrogens is 1. The first-order valence-electron chi connectivity index (χ1n) is 8.22. The smallest absolute Gasteiger partial charge is 0.219 e. The number of rotatable bonds is 6. The Kier molecular flexibility index (Phi) is 7.13. The van der Waals surface area contributed by atoms with Crippen molar-refractivity contribution in [3.05, 3.63) is 54.0 Å². The molecule has 2 unspecified atom stereocenters. The summed E-state index contributed by atoms with van der Waals surface area (Å²) in [6.45, 7) is 6.08. The third-order valence-electron chi connectivity index (χ3n) is 4.37. The summed E-state index contributed by atoms with van der Waals surface area (Å²) in [5, 5.41) is 3.48. The molecule has 2 heterocycles. The van der Waals surface area contributed by atoms with E-state index in [9.17, 15) is 4.39 Å².